The molecule has 1 rings (SSSR count). The predicted octanol–water partition coefficient (Wildman–Crippen LogP) is 2.43. The van der Waals surface area contributed by atoms with Crippen molar-refractivity contribution in [2.24, 2.45) is 0 Å². The molecule has 4 heteroatoms. The highest BCUT2D eigenvalue weighted by molar-refractivity contribution is 5.87. The highest BCUT2D eigenvalue weighted by atomic mass is 16.2. The first kappa shape index (κ1) is 17.2. The third-order valence-corrected chi connectivity index (χ3v) is 3.24. The van der Waals surface area contributed by atoms with Crippen molar-refractivity contribution in [3.05, 3.63) is 35.9 Å². The number of unbranched alkanes of at least 4 members (excludes halogenated alkanes) is 1. The molecule has 1 atom stereocenters. The van der Waals surface area contributed by atoms with Crippen molar-refractivity contribution in [3.8, 4) is 0 Å². The zero-order chi connectivity index (χ0) is 15.5. The number of carbonyl (C=O) groups is 2. The van der Waals surface area contributed by atoms with Gasteiger partial charge in [-0.05, 0) is 18.4 Å². The van der Waals surface area contributed by atoms with E-state index in [0.29, 0.717) is 19.4 Å². The van der Waals surface area contributed by atoms with Crippen molar-refractivity contribution < 1.29 is 9.59 Å². The Morgan fingerprint density at radius 3 is 2.43 bits per heavy atom. The number of amides is 2. The maximum Gasteiger partial charge on any atom is 0.242 e. The summed E-state index contributed by atoms with van der Waals surface area (Å²) in [6.45, 7) is 4.69. The van der Waals surface area contributed by atoms with Crippen LogP contribution in [-0.4, -0.2) is 24.4 Å². The molecule has 0 aliphatic rings. The zero-order valence-corrected chi connectivity index (χ0v) is 13.0. The fourth-order valence-electron chi connectivity index (χ4n) is 2.06. The highest BCUT2D eigenvalue weighted by Gasteiger charge is 2.20. The molecule has 0 aliphatic carbocycles. The molecule has 116 valence electrons. The van der Waals surface area contributed by atoms with Gasteiger partial charge in [0.25, 0.3) is 0 Å². The molecule has 1 unspecified atom stereocenters. The quantitative estimate of drug-likeness (QED) is 0.686. The summed E-state index contributed by atoms with van der Waals surface area (Å²) in [6.07, 6.45) is 3.74. The molecule has 0 bridgehead atoms. The number of benzene rings is 1. The Bertz CT molecular complexity index is 432. The molecule has 21 heavy (non-hydrogen) atoms. The first-order chi connectivity index (χ1) is 10.2. The van der Waals surface area contributed by atoms with E-state index in [1.165, 1.54) is 0 Å². The minimum Gasteiger partial charge on any atom is -0.354 e. The van der Waals surface area contributed by atoms with Gasteiger partial charge in [-0.2, -0.15) is 0 Å². The van der Waals surface area contributed by atoms with Crippen molar-refractivity contribution in [2.45, 2.75) is 52.0 Å². The molecule has 0 saturated carbocycles. The number of hydrogen-bond donors (Lipinski definition) is 2. The Morgan fingerprint density at radius 1 is 1.10 bits per heavy atom. The van der Waals surface area contributed by atoms with Gasteiger partial charge in [0.05, 0.1) is 0 Å². The average Bonchev–Trinajstić information content (AvgIpc) is 2.48. The largest absolute Gasteiger partial charge is 0.354 e. The molecule has 0 heterocycles. The van der Waals surface area contributed by atoms with Crippen LogP contribution in [0.5, 0.6) is 0 Å². The summed E-state index contributed by atoms with van der Waals surface area (Å²) in [4.78, 5) is 24.0. The number of hydrogen-bond acceptors (Lipinski definition) is 2. The van der Waals surface area contributed by atoms with Gasteiger partial charge >= 0.3 is 0 Å². The Kier molecular flexibility index (Phi) is 8.17. The van der Waals surface area contributed by atoms with Crippen LogP contribution in [0.3, 0.4) is 0 Å². The van der Waals surface area contributed by atoms with Gasteiger partial charge in [-0.3, -0.25) is 9.59 Å². The number of carbonyl (C=O) groups excluding carboxylic acids is 2. The van der Waals surface area contributed by atoms with E-state index in [2.05, 4.69) is 17.6 Å². The lowest BCUT2D eigenvalue weighted by molar-refractivity contribution is -0.129. The summed E-state index contributed by atoms with van der Waals surface area (Å²) in [7, 11) is 0. The van der Waals surface area contributed by atoms with Gasteiger partial charge in [0, 0.05) is 19.4 Å². The predicted molar refractivity (Wildman–Crippen MR) is 84.9 cm³/mol. The maximum absolute atomic E-state index is 12.2. The lowest BCUT2D eigenvalue weighted by atomic mass is 10.0. The maximum atomic E-state index is 12.2. The molecule has 0 fully saturated rings. The monoisotopic (exact) mass is 290 g/mol. The molecule has 2 amide bonds. The van der Waals surface area contributed by atoms with E-state index in [0.717, 1.165) is 24.8 Å². The van der Waals surface area contributed by atoms with Crippen LogP contribution < -0.4 is 10.6 Å². The first-order valence-electron chi connectivity index (χ1n) is 7.78. The molecule has 0 aliphatic heterocycles. The summed E-state index contributed by atoms with van der Waals surface area (Å²) >= 11 is 0. The van der Waals surface area contributed by atoms with Gasteiger partial charge in [0.1, 0.15) is 6.04 Å². The van der Waals surface area contributed by atoms with Crippen LogP contribution in [0.1, 0.15) is 45.1 Å². The van der Waals surface area contributed by atoms with Crippen LogP contribution in [-0.2, 0) is 16.0 Å². The molecule has 0 saturated heterocycles. The van der Waals surface area contributed by atoms with Gasteiger partial charge in [0.15, 0.2) is 0 Å². The van der Waals surface area contributed by atoms with Gasteiger partial charge in [0.2, 0.25) is 11.8 Å². The molecule has 0 aromatic heterocycles. The SMILES string of the molecule is CCCCNC(=O)C(Cc1ccccc1)NC(=O)CCC. The third-order valence-electron chi connectivity index (χ3n) is 3.24. The van der Waals surface area contributed by atoms with Crippen LogP contribution in [0.15, 0.2) is 30.3 Å². The van der Waals surface area contributed by atoms with Crippen molar-refractivity contribution >= 4 is 11.8 Å². The van der Waals surface area contributed by atoms with Gasteiger partial charge in [-0.1, -0.05) is 50.6 Å². The summed E-state index contributed by atoms with van der Waals surface area (Å²) in [6, 6.07) is 9.26. The molecule has 4 nitrogen and oxygen atoms in total. The van der Waals surface area contributed by atoms with Crippen LogP contribution in [0.4, 0.5) is 0 Å². The van der Waals surface area contributed by atoms with Crippen molar-refractivity contribution in [2.75, 3.05) is 6.54 Å². The summed E-state index contributed by atoms with van der Waals surface area (Å²) < 4.78 is 0. The van der Waals surface area contributed by atoms with E-state index < -0.39 is 6.04 Å². The molecule has 0 spiro atoms. The second-order valence-electron chi connectivity index (χ2n) is 5.20. The van der Waals surface area contributed by atoms with E-state index >= 15 is 0 Å². The molecule has 1 aromatic rings. The minimum absolute atomic E-state index is 0.0657. The Morgan fingerprint density at radius 2 is 1.81 bits per heavy atom. The van der Waals surface area contributed by atoms with Crippen molar-refractivity contribution in [3.63, 3.8) is 0 Å². The molecular weight excluding hydrogens is 264 g/mol. The van der Waals surface area contributed by atoms with E-state index in [1.54, 1.807) is 0 Å². The standard InChI is InChI=1S/C17H26N2O2/c1-3-5-12-18-17(21)15(19-16(20)9-4-2)13-14-10-7-6-8-11-14/h6-8,10-11,15H,3-5,9,12-13H2,1-2H3,(H,18,21)(H,19,20). The average molecular weight is 290 g/mol. The lowest BCUT2D eigenvalue weighted by Gasteiger charge is -2.18. The fourth-order valence-corrected chi connectivity index (χ4v) is 2.06. The zero-order valence-electron chi connectivity index (χ0n) is 13.0. The van der Waals surface area contributed by atoms with Crippen molar-refractivity contribution in [1.82, 2.24) is 10.6 Å². The summed E-state index contributed by atoms with van der Waals surface area (Å²) in [5, 5.41) is 5.74. The van der Waals surface area contributed by atoms with Gasteiger partial charge in [-0.25, -0.2) is 0 Å². The fraction of sp³-hybridized carbons (Fsp3) is 0.529. The first-order valence-corrected chi connectivity index (χ1v) is 7.78. The third kappa shape index (κ3) is 6.93. The number of nitrogens with one attached hydrogen (secondary N) is 2. The van der Waals surface area contributed by atoms with Crippen molar-refractivity contribution in [1.29, 1.82) is 0 Å². The molecule has 2 N–H and O–H groups in total. The van der Waals surface area contributed by atoms with E-state index in [4.69, 9.17) is 0 Å². The van der Waals surface area contributed by atoms with E-state index in [9.17, 15) is 9.59 Å². The lowest BCUT2D eigenvalue weighted by Crippen LogP contribution is -2.48. The summed E-state index contributed by atoms with van der Waals surface area (Å²) in [5.41, 5.74) is 1.05. The second kappa shape index (κ2) is 9.97. The second-order valence-corrected chi connectivity index (χ2v) is 5.20. The highest BCUT2D eigenvalue weighted by Crippen LogP contribution is 2.04. The number of rotatable bonds is 9. The van der Waals surface area contributed by atoms with Gasteiger partial charge in [-0.15, -0.1) is 0 Å². The normalized spacial score (nSPS) is 11.7. The molecule has 0 radical (unpaired) electrons. The van der Waals surface area contributed by atoms with Crippen LogP contribution in [0.25, 0.3) is 0 Å². The Balaban J connectivity index is 2.64. The van der Waals surface area contributed by atoms with E-state index in [-0.39, 0.29) is 11.8 Å². The summed E-state index contributed by atoms with van der Waals surface area (Å²) in [5.74, 6) is -0.166. The topological polar surface area (TPSA) is 58.2 Å². The Hall–Kier alpha value is -1.84. The smallest absolute Gasteiger partial charge is 0.242 e. The van der Waals surface area contributed by atoms with Gasteiger partial charge < -0.3 is 10.6 Å². The molecular formula is C17H26N2O2. The van der Waals surface area contributed by atoms with E-state index in [1.807, 2.05) is 37.3 Å². The molecule has 1 aromatic carbocycles. The van der Waals surface area contributed by atoms with Crippen LogP contribution >= 0.6 is 0 Å². The van der Waals surface area contributed by atoms with Crippen LogP contribution in [0, 0.1) is 0 Å². The van der Waals surface area contributed by atoms with Crippen LogP contribution in [0.2, 0.25) is 0 Å². The Labute approximate surface area is 127 Å². The minimum atomic E-state index is -0.497.